The maximum atomic E-state index is 13.6. The van der Waals surface area contributed by atoms with Crippen LogP contribution in [0.3, 0.4) is 0 Å². The lowest BCUT2D eigenvalue weighted by Gasteiger charge is -2.19. The van der Waals surface area contributed by atoms with Crippen LogP contribution in [0.2, 0.25) is 0 Å². The number of ether oxygens (including phenoxy) is 1. The standard InChI is InChI=1S/C29H25N3O5S/c33-27-26(38-29(30-20-7-2-1-3-8-20)32(27)18-21-9-6-14-36-21)15-19-16-31(24-11-5-4-10-23(19)24)17-22-12-13-25(37-22)28(34)35/h1-5,7-8,10-13,15-16,21H,6,9,14,17-18H2,(H,34,35)/b26-15-,30-29?/t21-/m0/s1. The first-order chi connectivity index (χ1) is 18.5. The fraction of sp³-hybridized carbons (Fsp3) is 0.207. The van der Waals surface area contributed by atoms with Gasteiger partial charge in [0.05, 0.1) is 29.8 Å². The van der Waals surface area contributed by atoms with Crippen LogP contribution in [-0.4, -0.2) is 50.9 Å². The quantitative estimate of drug-likeness (QED) is 0.307. The summed E-state index contributed by atoms with van der Waals surface area (Å²) < 4.78 is 13.3. The van der Waals surface area contributed by atoms with Gasteiger partial charge in [-0.3, -0.25) is 9.69 Å². The van der Waals surface area contributed by atoms with Crippen LogP contribution in [0.4, 0.5) is 5.69 Å². The molecule has 1 amide bonds. The van der Waals surface area contributed by atoms with Gasteiger partial charge in [0.15, 0.2) is 5.17 Å². The lowest BCUT2D eigenvalue weighted by Crippen LogP contribution is -2.36. The van der Waals surface area contributed by atoms with Gasteiger partial charge < -0.3 is 18.8 Å². The third kappa shape index (κ3) is 4.90. The third-order valence-corrected chi connectivity index (χ3v) is 7.59. The minimum atomic E-state index is -1.10. The molecular formula is C29H25N3O5S. The van der Waals surface area contributed by atoms with Crippen molar-refractivity contribution in [1.82, 2.24) is 9.47 Å². The molecule has 0 radical (unpaired) electrons. The summed E-state index contributed by atoms with van der Waals surface area (Å²) in [5, 5.41) is 10.8. The summed E-state index contributed by atoms with van der Waals surface area (Å²) in [5.41, 5.74) is 2.63. The molecule has 2 fully saturated rings. The molecule has 4 aromatic rings. The van der Waals surface area contributed by atoms with E-state index in [1.807, 2.05) is 71.4 Å². The average molecular weight is 528 g/mol. The summed E-state index contributed by atoms with van der Waals surface area (Å²) in [7, 11) is 0. The fourth-order valence-corrected chi connectivity index (χ4v) is 5.76. The van der Waals surface area contributed by atoms with Crippen LogP contribution >= 0.6 is 11.8 Å². The Morgan fingerprint density at radius 2 is 1.92 bits per heavy atom. The number of para-hydroxylation sites is 2. The van der Waals surface area contributed by atoms with Crippen LogP contribution < -0.4 is 0 Å². The van der Waals surface area contributed by atoms with Gasteiger partial charge in [0.25, 0.3) is 5.91 Å². The number of aromatic nitrogens is 1. The van der Waals surface area contributed by atoms with Crippen molar-refractivity contribution in [3.63, 3.8) is 0 Å². The zero-order valence-corrected chi connectivity index (χ0v) is 21.3. The Morgan fingerprint density at radius 3 is 2.68 bits per heavy atom. The Hall–Kier alpha value is -4.08. The Bertz CT molecular complexity index is 1560. The molecule has 0 saturated carbocycles. The van der Waals surface area contributed by atoms with E-state index in [2.05, 4.69) is 0 Å². The SMILES string of the molecule is O=C(O)c1ccc(Cn2cc(/C=C3\SC(=Nc4ccccc4)N(C[C@@H]4CCCO4)C3=O)c3ccccc32)o1. The van der Waals surface area contributed by atoms with E-state index in [4.69, 9.17) is 14.1 Å². The number of hydrogen-bond donors (Lipinski definition) is 1. The van der Waals surface area contributed by atoms with E-state index in [0.29, 0.717) is 28.9 Å². The van der Waals surface area contributed by atoms with E-state index >= 15 is 0 Å². The van der Waals surface area contributed by atoms with Crippen molar-refractivity contribution in [2.75, 3.05) is 13.2 Å². The topological polar surface area (TPSA) is 97.3 Å². The van der Waals surface area contributed by atoms with Crippen LogP contribution in [0.1, 0.15) is 34.7 Å². The molecule has 38 heavy (non-hydrogen) atoms. The summed E-state index contributed by atoms with van der Waals surface area (Å²) in [6.45, 7) is 1.56. The van der Waals surface area contributed by atoms with E-state index in [9.17, 15) is 14.7 Å². The van der Waals surface area contributed by atoms with Crippen LogP contribution in [0, 0.1) is 0 Å². The summed E-state index contributed by atoms with van der Waals surface area (Å²) in [5.74, 6) is -0.748. The monoisotopic (exact) mass is 527 g/mol. The van der Waals surface area contributed by atoms with Crippen molar-refractivity contribution in [2.24, 2.45) is 4.99 Å². The molecule has 2 aromatic heterocycles. The molecule has 0 spiro atoms. The lowest BCUT2D eigenvalue weighted by molar-refractivity contribution is -0.123. The number of carboxylic acid groups (broad SMARTS) is 1. The second-order valence-corrected chi connectivity index (χ2v) is 10.2. The molecule has 192 valence electrons. The Balaban J connectivity index is 1.35. The molecule has 1 N–H and O–H groups in total. The van der Waals surface area contributed by atoms with Crippen molar-refractivity contribution in [3.8, 4) is 0 Å². The first-order valence-corrected chi connectivity index (χ1v) is 13.2. The van der Waals surface area contributed by atoms with Gasteiger partial charge in [-0.25, -0.2) is 9.79 Å². The average Bonchev–Trinajstić information content (AvgIpc) is 3.72. The van der Waals surface area contributed by atoms with E-state index in [-0.39, 0.29) is 17.8 Å². The molecule has 4 heterocycles. The Morgan fingerprint density at radius 1 is 1.11 bits per heavy atom. The number of amides is 1. The van der Waals surface area contributed by atoms with Crippen molar-refractivity contribution in [3.05, 3.63) is 94.9 Å². The van der Waals surface area contributed by atoms with Crippen molar-refractivity contribution >= 4 is 51.5 Å². The number of aromatic carboxylic acids is 1. The Kier molecular flexibility index (Phi) is 6.61. The molecule has 1 atom stereocenters. The first kappa shape index (κ1) is 24.3. The second kappa shape index (κ2) is 10.4. The number of benzene rings is 2. The number of aliphatic imine (C=N–C) groups is 1. The number of hydrogen-bond acceptors (Lipinski definition) is 6. The molecule has 8 nitrogen and oxygen atoms in total. The highest BCUT2D eigenvalue weighted by atomic mass is 32.2. The van der Waals surface area contributed by atoms with Gasteiger partial charge in [0.2, 0.25) is 5.76 Å². The molecule has 9 heteroatoms. The molecule has 0 bridgehead atoms. The number of nitrogens with zero attached hydrogens (tertiary/aromatic N) is 3. The van der Waals surface area contributed by atoms with Crippen molar-refractivity contribution < 1.29 is 23.8 Å². The van der Waals surface area contributed by atoms with Gasteiger partial charge >= 0.3 is 5.97 Å². The zero-order chi connectivity index (χ0) is 26.1. The number of amidine groups is 1. The predicted molar refractivity (Wildman–Crippen MR) is 146 cm³/mol. The van der Waals surface area contributed by atoms with E-state index in [1.165, 1.54) is 17.8 Å². The summed E-state index contributed by atoms with van der Waals surface area (Å²) >= 11 is 1.37. The minimum Gasteiger partial charge on any atom is -0.475 e. The van der Waals surface area contributed by atoms with Gasteiger partial charge in [-0.05, 0) is 61.0 Å². The summed E-state index contributed by atoms with van der Waals surface area (Å²) in [6, 6.07) is 20.7. The molecule has 6 rings (SSSR count). The predicted octanol–water partition coefficient (Wildman–Crippen LogP) is 5.76. The van der Waals surface area contributed by atoms with Crippen molar-refractivity contribution in [1.29, 1.82) is 0 Å². The third-order valence-electron chi connectivity index (χ3n) is 6.58. The largest absolute Gasteiger partial charge is 0.475 e. The molecule has 2 aromatic carbocycles. The van der Waals surface area contributed by atoms with Gasteiger partial charge in [-0.2, -0.15) is 0 Å². The lowest BCUT2D eigenvalue weighted by atomic mass is 10.1. The molecule has 2 aliphatic heterocycles. The number of rotatable bonds is 7. The van der Waals surface area contributed by atoms with Gasteiger partial charge in [-0.15, -0.1) is 0 Å². The number of carbonyl (C=O) groups excluding carboxylic acids is 1. The van der Waals surface area contributed by atoms with E-state index < -0.39 is 5.97 Å². The van der Waals surface area contributed by atoms with Gasteiger partial charge in [-0.1, -0.05) is 36.4 Å². The first-order valence-electron chi connectivity index (χ1n) is 12.4. The molecule has 2 saturated heterocycles. The Labute approximate surface area is 223 Å². The summed E-state index contributed by atoms with van der Waals surface area (Å²) in [4.78, 5) is 31.9. The molecular weight excluding hydrogens is 502 g/mol. The van der Waals surface area contributed by atoms with Gasteiger partial charge in [0.1, 0.15) is 5.76 Å². The minimum absolute atomic E-state index is 0.00535. The number of carbonyl (C=O) groups is 2. The summed E-state index contributed by atoms with van der Waals surface area (Å²) in [6.07, 6.45) is 5.80. The number of fused-ring (bicyclic) bond motifs is 1. The normalized spacial score (nSPS) is 19.8. The molecule has 0 aliphatic carbocycles. The van der Waals surface area contributed by atoms with Crippen LogP contribution in [0.25, 0.3) is 17.0 Å². The van der Waals surface area contributed by atoms with Crippen LogP contribution in [-0.2, 0) is 16.1 Å². The number of carboxylic acids is 1. The fourth-order valence-electron chi connectivity index (χ4n) is 4.77. The van der Waals surface area contributed by atoms with Crippen LogP contribution in [0.15, 0.2) is 87.2 Å². The van der Waals surface area contributed by atoms with Crippen molar-refractivity contribution in [2.45, 2.75) is 25.5 Å². The number of furan rings is 1. The van der Waals surface area contributed by atoms with Gasteiger partial charge in [0, 0.05) is 29.3 Å². The smallest absolute Gasteiger partial charge is 0.371 e. The van der Waals surface area contributed by atoms with E-state index in [1.54, 1.807) is 11.0 Å². The number of thioether (sulfide) groups is 1. The maximum absolute atomic E-state index is 13.6. The van der Waals surface area contributed by atoms with E-state index in [0.717, 1.165) is 41.6 Å². The highest BCUT2D eigenvalue weighted by Gasteiger charge is 2.36. The highest BCUT2D eigenvalue weighted by Crippen LogP contribution is 2.36. The second-order valence-electron chi connectivity index (χ2n) is 9.19. The zero-order valence-electron chi connectivity index (χ0n) is 20.4. The molecule has 0 unspecified atom stereocenters. The molecule has 2 aliphatic rings. The highest BCUT2D eigenvalue weighted by molar-refractivity contribution is 8.18. The maximum Gasteiger partial charge on any atom is 0.371 e. The van der Waals surface area contributed by atoms with Crippen LogP contribution in [0.5, 0.6) is 0 Å².